The van der Waals surface area contributed by atoms with Gasteiger partial charge in [0.15, 0.2) is 23.0 Å². The van der Waals surface area contributed by atoms with Gasteiger partial charge in [-0.1, -0.05) is 12.1 Å². The van der Waals surface area contributed by atoms with Crippen molar-refractivity contribution in [2.24, 2.45) is 11.5 Å². The van der Waals surface area contributed by atoms with Crippen LogP contribution in [0.15, 0.2) is 36.3 Å². The standard InChI is InChI=1S/2C10H13NO5/c2*1-16-10(15)8(11)9(14)5-2-3-6(12)7(13)4-5/h2*2-4,8-9,12-14H,11H2,1H3/t2*8-,9+/m11/s1/i2D,3D,4D;9D. The second-order valence-corrected chi connectivity index (χ2v) is 6.07. The zero-order valence-electron chi connectivity index (χ0n) is 20.9. The molecule has 0 saturated carbocycles. The van der Waals surface area contributed by atoms with E-state index in [0.717, 1.165) is 26.4 Å². The maximum atomic E-state index is 11.2. The van der Waals surface area contributed by atoms with Crippen molar-refractivity contribution in [1.82, 2.24) is 0 Å². The molecule has 0 fully saturated rings. The van der Waals surface area contributed by atoms with Crippen molar-refractivity contribution in [1.29, 1.82) is 0 Å². The highest BCUT2D eigenvalue weighted by Crippen LogP contribution is 2.29. The molecule has 0 aliphatic carbocycles. The Balaban J connectivity index is 0.000000362. The molecule has 32 heavy (non-hydrogen) atoms. The van der Waals surface area contributed by atoms with Gasteiger partial charge in [-0.05, 0) is 35.3 Å². The van der Waals surface area contributed by atoms with Crippen molar-refractivity contribution in [3.05, 3.63) is 47.5 Å². The zero-order chi connectivity index (χ0) is 28.1. The van der Waals surface area contributed by atoms with Gasteiger partial charge in [-0.3, -0.25) is 9.59 Å². The number of benzene rings is 2. The smallest absolute Gasteiger partial charge is 0.325 e. The Kier molecular flexibility index (Phi) is 7.44. The van der Waals surface area contributed by atoms with Gasteiger partial charge >= 0.3 is 11.9 Å². The molecule has 4 atom stereocenters. The van der Waals surface area contributed by atoms with Crippen LogP contribution in [0.3, 0.4) is 0 Å². The maximum absolute atomic E-state index is 11.2. The van der Waals surface area contributed by atoms with Crippen LogP contribution in [-0.2, 0) is 19.1 Å². The molecule has 0 spiro atoms. The van der Waals surface area contributed by atoms with Gasteiger partial charge in [0.2, 0.25) is 0 Å². The summed E-state index contributed by atoms with van der Waals surface area (Å²) >= 11 is 0. The normalized spacial score (nSPS) is 16.9. The van der Waals surface area contributed by atoms with Crippen molar-refractivity contribution >= 4 is 11.9 Å². The number of aliphatic hydroxyl groups is 2. The van der Waals surface area contributed by atoms with E-state index < -0.39 is 82.9 Å². The van der Waals surface area contributed by atoms with Gasteiger partial charge < -0.3 is 51.6 Å². The predicted octanol–water partition coefficient (Wildman–Crippen LogP) is -0.737. The molecule has 0 saturated heterocycles. The lowest BCUT2D eigenvalue weighted by Crippen LogP contribution is -2.37. The van der Waals surface area contributed by atoms with Crippen LogP contribution >= 0.6 is 0 Å². The minimum absolute atomic E-state index is 0.134. The van der Waals surface area contributed by atoms with Crippen molar-refractivity contribution < 1.29 is 55.2 Å². The summed E-state index contributed by atoms with van der Waals surface area (Å²) in [6.07, 6.45) is -4.28. The largest absolute Gasteiger partial charge is 0.504 e. The highest BCUT2D eigenvalue weighted by atomic mass is 16.5. The van der Waals surface area contributed by atoms with E-state index in [2.05, 4.69) is 9.47 Å². The molecule has 2 rings (SSSR count). The number of rotatable bonds is 6. The van der Waals surface area contributed by atoms with Gasteiger partial charge in [0.05, 0.1) is 19.7 Å². The molecule has 0 aliphatic heterocycles. The third-order valence-electron chi connectivity index (χ3n) is 3.92. The summed E-state index contributed by atoms with van der Waals surface area (Å²) in [6, 6.07) is -2.26. The minimum atomic E-state index is -2.46. The van der Waals surface area contributed by atoms with Gasteiger partial charge in [0.25, 0.3) is 0 Å². The van der Waals surface area contributed by atoms with Gasteiger partial charge in [0, 0.05) is 0 Å². The van der Waals surface area contributed by atoms with E-state index >= 15 is 0 Å². The van der Waals surface area contributed by atoms with Crippen LogP contribution in [-0.4, -0.2) is 68.9 Å². The quantitative estimate of drug-likeness (QED) is 0.198. The summed E-state index contributed by atoms with van der Waals surface area (Å²) < 4.78 is 38.7. The molecule has 0 bridgehead atoms. The molecule has 2 aromatic carbocycles. The van der Waals surface area contributed by atoms with Crippen LogP contribution in [0.5, 0.6) is 23.0 Å². The summed E-state index contributed by atoms with van der Waals surface area (Å²) in [5.74, 6) is -4.79. The van der Waals surface area contributed by atoms with Crippen LogP contribution < -0.4 is 11.5 Å². The van der Waals surface area contributed by atoms with Crippen LogP contribution in [0.1, 0.15) is 28.8 Å². The van der Waals surface area contributed by atoms with Gasteiger partial charge in [-0.15, -0.1) is 0 Å². The zero-order valence-corrected chi connectivity index (χ0v) is 16.9. The van der Waals surface area contributed by atoms with Crippen LogP contribution in [0.4, 0.5) is 0 Å². The summed E-state index contributed by atoms with van der Waals surface area (Å²) in [5, 5.41) is 56.7. The number of hydrogen-bond acceptors (Lipinski definition) is 12. The first-order chi connectivity index (χ1) is 16.5. The first-order valence-electron chi connectivity index (χ1n) is 10.7. The van der Waals surface area contributed by atoms with Gasteiger partial charge in [-0.2, -0.15) is 0 Å². The van der Waals surface area contributed by atoms with E-state index in [1.165, 1.54) is 6.07 Å². The number of aliphatic hydroxyl groups excluding tert-OH is 1. The molecule has 0 amide bonds. The molecule has 0 radical (unpaired) electrons. The van der Waals surface area contributed by atoms with Crippen LogP contribution in [0.2, 0.25) is 0 Å². The fraction of sp³-hybridized carbons (Fsp3) is 0.300. The highest BCUT2D eigenvalue weighted by molar-refractivity contribution is 5.77. The number of carbonyl (C=O) groups is 2. The lowest BCUT2D eigenvalue weighted by atomic mass is 10.0. The van der Waals surface area contributed by atoms with E-state index in [0.29, 0.717) is 0 Å². The summed E-state index contributed by atoms with van der Waals surface area (Å²) in [4.78, 5) is 22.3. The van der Waals surface area contributed by atoms with E-state index in [1.807, 2.05) is 0 Å². The average molecular weight is 458 g/mol. The monoisotopic (exact) mass is 458 g/mol. The number of aromatic hydroxyl groups is 4. The third-order valence-corrected chi connectivity index (χ3v) is 3.92. The number of phenols is 4. The Morgan fingerprint density at radius 2 is 1.44 bits per heavy atom. The Labute approximate surface area is 188 Å². The molecule has 12 nitrogen and oxygen atoms in total. The molecule has 12 heteroatoms. The maximum Gasteiger partial charge on any atom is 0.325 e. The Bertz CT molecular complexity index is 1100. The predicted molar refractivity (Wildman–Crippen MR) is 109 cm³/mol. The first kappa shape index (κ1) is 20.3. The summed E-state index contributed by atoms with van der Waals surface area (Å²) in [5.41, 5.74) is 10.1. The first-order valence-corrected chi connectivity index (χ1v) is 8.65. The number of methoxy groups -OCH3 is 2. The van der Waals surface area contributed by atoms with E-state index in [4.69, 9.17) is 22.1 Å². The molecule has 176 valence electrons. The molecule has 0 heterocycles. The number of nitrogens with two attached hydrogens (primary N) is 2. The Hall–Kier alpha value is -3.58. The lowest BCUT2D eigenvalue weighted by Gasteiger charge is -2.17. The van der Waals surface area contributed by atoms with Crippen molar-refractivity contribution in [3.63, 3.8) is 0 Å². The van der Waals surface area contributed by atoms with E-state index in [1.54, 1.807) is 0 Å². The van der Waals surface area contributed by atoms with E-state index in [9.17, 15) is 35.1 Å². The fourth-order valence-electron chi connectivity index (χ4n) is 2.10. The molecule has 0 unspecified atom stereocenters. The second kappa shape index (κ2) is 11.7. The van der Waals surface area contributed by atoms with E-state index in [-0.39, 0.29) is 5.56 Å². The Morgan fingerprint density at radius 3 is 1.97 bits per heavy atom. The average Bonchev–Trinajstić information content (AvgIpc) is 2.86. The SMILES string of the molecule is [2H][C@](O)(c1ccc(O)c(O)c1)[C@@H](N)C(=O)OC.[2H]c1c([2H])c([C@H](O)[C@@H](N)C(=O)OC)c([2H])c(O)c1O. The van der Waals surface area contributed by atoms with Gasteiger partial charge in [-0.25, -0.2) is 0 Å². The topological polar surface area (TPSA) is 226 Å². The third kappa shape index (κ3) is 6.72. The second-order valence-electron chi connectivity index (χ2n) is 6.07. The van der Waals surface area contributed by atoms with Crippen molar-refractivity contribution in [2.45, 2.75) is 24.3 Å². The number of carbonyl (C=O) groups excluding carboxylic acids is 2. The molecule has 10 N–H and O–H groups in total. The number of hydrogen-bond donors (Lipinski definition) is 8. The molecule has 0 aliphatic rings. The van der Waals surface area contributed by atoms with Crippen molar-refractivity contribution in [3.8, 4) is 23.0 Å². The number of esters is 2. The van der Waals surface area contributed by atoms with Gasteiger partial charge in [0.1, 0.15) is 24.3 Å². The summed E-state index contributed by atoms with van der Waals surface area (Å²) in [6.45, 7) is 0. The molecular formula is C20H26N2O10. The van der Waals surface area contributed by atoms with Crippen LogP contribution in [0.25, 0.3) is 0 Å². The lowest BCUT2D eigenvalue weighted by molar-refractivity contribution is -0.145. The molecule has 0 aromatic heterocycles. The highest BCUT2D eigenvalue weighted by Gasteiger charge is 2.26. The van der Waals surface area contributed by atoms with Crippen molar-refractivity contribution in [2.75, 3.05) is 14.2 Å². The number of phenolic OH excluding ortho intramolecular Hbond substituents is 4. The number of ether oxygens (including phenoxy) is 2. The minimum Gasteiger partial charge on any atom is -0.504 e. The molecule has 2 aromatic rings. The van der Waals surface area contributed by atoms with Crippen LogP contribution in [0, 0.1) is 0 Å². The molecular weight excluding hydrogens is 428 g/mol. The summed E-state index contributed by atoms with van der Waals surface area (Å²) in [7, 11) is 2.12. The fourth-order valence-corrected chi connectivity index (χ4v) is 2.10. The Morgan fingerprint density at radius 1 is 0.875 bits per heavy atom.